The number of carboxylic acids is 1. The Labute approximate surface area is 103 Å². The van der Waals surface area contributed by atoms with E-state index >= 15 is 0 Å². The minimum Gasteiger partial charge on any atom is -0.506 e. The van der Waals surface area contributed by atoms with Crippen LogP contribution in [0.25, 0.3) is 0 Å². The van der Waals surface area contributed by atoms with Gasteiger partial charge in [0.2, 0.25) is 6.79 Å². The first-order chi connectivity index (χ1) is 8.09. The first-order valence-corrected chi connectivity index (χ1v) is 5.49. The number of carbonyl (C=O) groups is 1. The number of aromatic hydroxyl groups is 1. The Balaban J connectivity index is 2.23. The Morgan fingerprint density at radius 2 is 2.24 bits per heavy atom. The fraction of sp³-hybridized carbons (Fsp3) is 0.364. The summed E-state index contributed by atoms with van der Waals surface area (Å²) in [6, 6.07) is 1.49. The van der Waals surface area contributed by atoms with Crippen molar-refractivity contribution in [3.8, 4) is 17.2 Å². The van der Waals surface area contributed by atoms with Gasteiger partial charge in [0.05, 0.1) is 5.02 Å². The molecule has 1 aliphatic heterocycles. The Morgan fingerprint density at radius 1 is 1.47 bits per heavy atom. The zero-order chi connectivity index (χ0) is 12.4. The number of phenolic OH excluding ortho intramolecular Hbond substituents is 1. The number of benzene rings is 1. The summed E-state index contributed by atoms with van der Waals surface area (Å²) in [4.78, 5) is 10.4. The van der Waals surface area contributed by atoms with Crippen LogP contribution >= 0.6 is 11.6 Å². The molecule has 0 saturated carbocycles. The predicted molar refractivity (Wildman–Crippen MR) is 59.8 cm³/mol. The SMILES string of the molecule is O=C(O)CCCc1c(O)c(Cl)cc2c1OCO2. The number of hydrogen-bond acceptors (Lipinski definition) is 4. The van der Waals surface area contributed by atoms with E-state index in [9.17, 15) is 9.90 Å². The molecular weight excluding hydrogens is 248 g/mol. The molecule has 0 spiro atoms. The summed E-state index contributed by atoms with van der Waals surface area (Å²) in [6.45, 7) is 0.0844. The van der Waals surface area contributed by atoms with E-state index in [0.717, 1.165) is 0 Å². The lowest BCUT2D eigenvalue weighted by Crippen LogP contribution is -1.98. The van der Waals surface area contributed by atoms with Crippen LogP contribution < -0.4 is 9.47 Å². The lowest BCUT2D eigenvalue weighted by atomic mass is 10.1. The van der Waals surface area contributed by atoms with Crippen LogP contribution in [-0.4, -0.2) is 23.0 Å². The summed E-state index contributed by atoms with van der Waals surface area (Å²) in [7, 11) is 0. The Morgan fingerprint density at radius 3 is 2.94 bits per heavy atom. The summed E-state index contributed by atoms with van der Waals surface area (Å²) in [5.41, 5.74) is 0.506. The molecule has 92 valence electrons. The van der Waals surface area contributed by atoms with E-state index < -0.39 is 5.97 Å². The van der Waals surface area contributed by atoms with Crippen LogP contribution in [0.3, 0.4) is 0 Å². The van der Waals surface area contributed by atoms with Crippen LogP contribution in [0, 0.1) is 0 Å². The highest BCUT2D eigenvalue weighted by molar-refractivity contribution is 6.32. The summed E-state index contributed by atoms with van der Waals surface area (Å²) < 4.78 is 10.4. The molecule has 0 fully saturated rings. The maximum absolute atomic E-state index is 10.4. The van der Waals surface area contributed by atoms with E-state index in [2.05, 4.69) is 0 Å². The van der Waals surface area contributed by atoms with Crippen molar-refractivity contribution in [2.24, 2.45) is 0 Å². The van der Waals surface area contributed by atoms with E-state index in [1.54, 1.807) is 0 Å². The standard InChI is InChI=1S/C11H11ClO5/c12-7-4-8-11(17-5-16-8)6(10(7)15)2-1-3-9(13)14/h4,15H,1-3,5H2,(H,13,14). The van der Waals surface area contributed by atoms with E-state index in [-0.39, 0.29) is 24.0 Å². The molecule has 0 saturated heterocycles. The third kappa shape index (κ3) is 2.39. The molecule has 1 aliphatic rings. The molecule has 0 aromatic heterocycles. The second-order valence-electron chi connectivity index (χ2n) is 3.67. The Kier molecular flexibility index (Phi) is 3.28. The maximum Gasteiger partial charge on any atom is 0.303 e. The molecule has 0 amide bonds. The smallest absolute Gasteiger partial charge is 0.303 e. The zero-order valence-corrected chi connectivity index (χ0v) is 9.66. The quantitative estimate of drug-likeness (QED) is 0.866. The number of ether oxygens (including phenoxy) is 2. The van der Waals surface area contributed by atoms with Crippen LogP contribution in [0.1, 0.15) is 18.4 Å². The van der Waals surface area contributed by atoms with Crippen molar-refractivity contribution in [2.75, 3.05) is 6.79 Å². The first kappa shape index (κ1) is 11.9. The van der Waals surface area contributed by atoms with Crippen molar-refractivity contribution >= 4 is 17.6 Å². The molecule has 6 heteroatoms. The van der Waals surface area contributed by atoms with Crippen LogP contribution in [0.15, 0.2) is 6.07 Å². The number of fused-ring (bicyclic) bond motifs is 1. The third-order valence-electron chi connectivity index (χ3n) is 2.50. The number of aliphatic carboxylic acids is 1. The van der Waals surface area contributed by atoms with Gasteiger partial charge >= 0.3 is 5.97 Å². The van der Waals surface area contributed by atoms with Gasteiger partial charge in [-0.3, -0.25) is 4.79 Å². The van der Waals surface area contributed by atoms with E-state index in [4.69, 9.17) is 26.2 Å². The fourth-order valence-electron chi connectivity index (χ4n) is 1.72. The number of carboxylic acid groups (broad SMARTS) is 1. The molecule has 0 bridgehead atoms. The predicted octanol–water partition coefficient (Wildman–Crippen LogP) is 2.18. The molecule has 0 unspecified atom stereocenters. The molecule has 2 N–H and O–H groups in total. The molecule has 0 radical (unpaired) electrons. The lowest BCUT2D eigenvalue weighted by molar-refractivity contribution is -0.137. The van der Waals surface area contributed by atoms with Crippen LogP contribution in [-0.2, 0) is 11.2 Å². The fourth-order valence-corrected chi connectivity index (χ4v) is 1.93. The van der Waals surface area contributed by atoms with Crippen molar-refractivity contribution < 1.29 is 24.5 Å². The molecular formula is C11H11ClO5. The topological polar surface area (TPSA) is 76.0 Å². The highest BCUT2D eigenvalue weighted by Gasteiger charge is 2.23. The van der Waals surface area contributed by atoms with Crippen molar-refractivity contribution in [2.45, 2.75) is 19.3 Å². The van der Waals surface area contributed by atoms with Crippen LogP contribution in [0.5, 0.6) is 17.2 Å². The summed E-state index contributed by atoms with van der Waals surface area (Å²) >= 11 is 5.84. The van der Waals surface area contributed by atoms with Gasteiger partial charge < -0.3 is 19.7 Å². The van der Waals surface area contributed by atoms with Gasteiger partial charge in [-0.05, 0) is 12.8 Å². The number of rotatable bonds is 4. The Hall–Kier alpha value is -1.62. The van der Waals surface area contributed by atoms with E-state index in [0.29, 0.717) is 29.9 Å². The monoisotopic (exact) mass is 258 g/mol. The second-order valence-corrected chi connectivity index (χ2v) is 4.07. The van der Waals surface area contributed by atoms with Gasteiger partial charge in [-0.2, -0.15) is 0 Å². The van der Waals surface area contributed by atoms with Crippen LogP contribution in [0.4, 0.5) is 0 Å². The average Bonchev–Trinajstić information content (AvgIpc) is 2.70. The summed E-state index contributed by atoms with van der Waals surface area (Å²) in [6.07, 6.45) is 0.811. The van der Waals surface area contributed by atoms with E-state index in [1.165, 1.54) is 6.07 Å². The number of hydrogen-bond donors (Lipinski definition) is 2. The molecule has 0 atom stereocenters. The lowest BCUT2D eigenvalue weighted by Gasteiger charge is -2.09. The minimum absolute atomic E-state index is 0.0293. The first-order valence-electron chi connectivity index (χ1n) is 5.11. The minimum atomic E-state index is -0.875. The Bertz CT molecular complexity index is 458. The highest BCUT2D eigenvalue weighted by Crippen LogP contribution is 2.45. The van der Waals surface area contributed by atoms with Gasteiger partial charge in [0, 0.05) is 18.1 Å². The van der Waals surface area contributed by atoms with E-state index in [1.807, 2.05) is 0 Å². The van der Waals surface area contributed by atoms with Crippen molar-refractivity contribution in [3.05, 3.63) is 16.7 Å². The summed E-state index contributed by atoms with van der Waals surface area (Å²) in [5.74, 6) is -0.00273. The number of phenols is 1. The molecule has 5 nitrogen and oxygen atoms in total. The van der Waals surface area contributed by atoms with Gasteiger partial charge in [-0.1, -0.05) is 11.6 Å². The van der Waals surface area contributed by atoms with Gasteiger partial charge in [-0.25, -0.2) is 0 Å². The zero-order valence-electron chi connectivity index (χ0n) is 8.90. The average molecular weight is 259 g/mol. The summed E-state index contributed by atoms with van der Waals surface area (Å²) in [5, 5.41) is 18.6. The van der Waals surface area contributed by atoms with Gasteiger partial charge in [0.1, 0.15) is 5.75 Å². The van der Waals surface area contributed by atoms with Gasteiger partial charge in [-0.15, -0.1) is 0 Å². The third-order valence-corrected chi connectivity index (χ3v) is 2.79. The molecule has 2 rings (SSSR count). The van der Waals surface area contributed by atoms with Crippen molar-refractivity contribution in [3.63, 3.8) is 0 Å². The van der Waals surface area contributed by atoms with Crippen LogP contribution in [0.2, 0.25) is 5.02 Å². The highest BCUT2D eigenvalue weighted by atomic mass is 35.5. The molecule has 0 aliphatic carbocycles. The largest absolute Gasteiger partial charge is 0.506 e. The molecule has 1 heterocycles. The van der Waals surface area contributed by atoms with Gasteiger partial charge in [0.25, 0.3) is 0 Å². The maximum atomic E-state index is 10.4. The van der Waals surface area contributed by atoms with Gasteiger partial charge in [0.15, 0.2) is 11.5 Å². The second kappa shape index (κ2) is 4.71. The van der Waals surface area contributed by atoms with Crippen molar-refractivity contribution in [1.29, 1.82) is 0 Å². The molecule has 1 aromatic carbocycles. The molecule has 17 heavy (non-hydrogen) atoms. The van der Waals surface area contributed by atoms with Crippen molar-refractivity contribution in [1.82, 2.24) is 0 Å². The molecule has 1 aromatic rings. The number of halogens is 1. The normalized spacial score (nSPS) is 12.8.